The van der Waals surface area contributed by atoms with Gasteiger partial charge in [0.15, 0.2) is 0 Å². The lowest BCUT2D eigenvalue weighted by molar-refractivity contribution is -0.143. The topological polar surface area (TPSA) is 90.9 Å². The first-order valence-electron chi connectivity index (χ1n) is 6.21. The molecule has 0 radical (unpaired) electrons. The van der Waals surface area contributed by atoms with Crippen LogP contribution >= 0.6 is 7.60 Å². The summed E-state index contributed by atoms with van der Waals surface area (Å²) in [7, 11) is -3.59. The fraction of sp³-hybridized carbons (Fsp3) is 0.818. The second-order valence-corrected chi connectivity index (χ2v) is 5.82. The van der Waals surface area contributed by atoms with Crippen LogP contribution in [0.2, 0.25) is 0 Å². The van der Waals surface area contributed by atoms with E-state index in [1.165, 1.54) is 6.92 Å². The van der Waals surface area contributed by atoms with Gasteiger partial charge in [-0.2, -0.15) is 0 Å². The Morgan fingerprint density at radius 1 is 1.11 bits per heavy atom. The molecule has 0 aliphatic heterocycles. The van der Waals surface area contributed by atoms with Crippen LogP contribution in [0.25, 0.3) is 0 Å². The van der Waals surface area contributed by atoms with Crippen LogP contribution in [0.1, 0.15) is 34.1 Å². The average molecular weight is 295 g/mol. The summed E-state index contributed by atoms with van der Waals surface area (Å²) in [5.74, 6) is -2.03. The normalized spacial score (nSPS) is 12.8. The van der Waals surface area contributed by atoms with Crippen molar-refractivity contribution >= 4 is 19.5 Å². The number of esters is 1. The molecule has 0 rings (SSSR count). The summed E-state index contributed by atoms with van der Waals surface area (Å²) in [5.41, 5.74) is 0. The molecule has 8 heteroatoms. The molecule has 1 N–H and O–H groups in total. The van der Waals surface area contributed by atoms with Crippen molar-refractivity contribution in [2.45, 2.75) is 39.9 Å². The summed E-state index contributed by atoms with van der Waals surface area (Å²) in [4.78, 5) is 22.6. The summed E-state index contributed by atoms with van der Waals surface area (Å²) >= 11 is 0. The molecule has 0 aromatic heterocycles. The third kappa shape index (κ3) is 6.71. The van der Waals surface area contributed by atoms with E-state index in [9.17, 15) is 14.2 Å². The Hall–Kier alpha value is -0.910. The number of ether oxygens (including phenoxy) is 1. The molecule has 19 heavy (non-hydrogen) atoms. The van der Waals surface area contributed by atoms with Gasteiger partial charge in [-0.15, -0.1) is 0 Å². The molecule has 0 aliphatic rings. The van der Waals surface area contributed by atoms with Gasteiger partial charge in [0.2, 0.25) is 5.91 Å². The number of rotatable bonds is 9. The SMILES string of the molecule is CCOC(=O)CC(NC(C)=O)P(=O)(OCC)OCC. The van der Waals surface area contributed by atoms with E-state index >= 15 is 0 Å². The maximum atomic E-state index is 12.5. The van der Waals surface area contributed by atoms with Gasteiger partial charge in [-0.25, -0.2) is 0 Å². The molecule has 0 spiro atoms. The summed E-state index contributed by atoms with van der Waals surface area (Å²) in [6.07, 6.45) is -0.259. The number of carbonyl (C=O) groups excluding carboxylic acids is 2. The highest BCUT2D eigenvalue weighted by Crippen LogP contribution is 2.53. The molecule has 0 fully saturated rings. The number of hydrogen-bond donors (Lipinski definition) is 1. The third-order valence-electron chi connectivity index (χ3n) is 2.04. The lowest BCUT2D eigenvalue weighted by Gasteiger charge is -2.25. The summed E-state index contributed by atoms with van der Waals surface area (Å²) in [6, 6.07) is 0. The first-order chi connectivity index (χ1) is 8.89. The van der Waals surface area contributed by atoms with E-state index < -0.39 is 25.3 Å². The standard InChI is InChI=1S/C11H22NO6P/c1-5-16-11(14)8-10(12-9(4)13)19(15,17-6-2)18-7-3/h10H,5-8H2,1-4H3,(H,12,13). The van der Waals surface area contributed by atoms with Crippen molar-refractivity contribution in [2.75, 3.05) is 19.8 Å². The van der Waals surface area contributed by atoms with Crippen molar-refractivity contribution < 1.29 is 27.9 Å². The van der Waals surface area contributed by atoms with Crippen molar-refractivity contribution in [2.24, 2.45) is 0 Å². The van der Waals surface area contributed by atoms with Crippen molar-refractivity contribution in [3.8, 4) is 0 Å². The Bertz CT molecular complexity index is 336. The fourth-order valence-corrected chi connectivity index (χ4v) is 3.30. The zero-order valence-corrected chi connectivity index (χ0v) is 12.7. The van der Waals surface area contributed by atoms with Crippen LogP contribution in [0.3, 0.4) is 0 Å². The molecular weight excluding hydrogens is 273 g/mol. The highest BCUT2D eigenvalue weighted by atomic mass is 31.2. The minimum absolute atomic E-state index is 0.149. The van der Waals surface area contributed by atoms with Gasteiger partial charge in [0.1, 0.15) is 5.78 Å². The van der Waals surface area contributed by atoms with Crippen molar-refractivity contribution in [3.05, 3.63) is 0 Å². The molecule has 112 valence electrons. The van der Waals surface area contributed by atoms with Crippen LogP contribution in [-0.2, 0) is 27.9 Å². The van der Waals surface area contributed by atoms with Crippen LogP contribution in [0.4, 0.5) is 0 Å². The Labute approximate surface area is 113 Å². The highest BCUT2D eigenvalue weighted by molar-refractivity contribution is 7.54. The zero-order valence-electron chi connectivity index (χ0n) is 11.8. The highest BCUT2D eigenvalue weighted by Gasteiger charge is 2.38. The van der Waals surface area contributed by atoms with Gasteiger partial charge in [0, 0.05) is 6.92 Å². The van der Waals surface area contributed by atoms with Crippen molar-refractivity contribution in [3.63, 3.8) is 0 Å². The smallest absolute Gasteiger partial charge is 0.353 e. The molecule has 1 atom stereocenters. The van der Waals surface area contributed by atoms with Gasteiger partial charge in [0.05, 0.1) is 26.2 Å². The molecule has 0 aliphatic carbocycles. The number of nitrogens with one attached hydrogen (secondary N) is 1. The van der Waals surface area contributed by atoms with E-state index in [4.69, 9.17) is 13.8 Å². The number of carbonyl (C=O) groups is 2. The number of amides is 1. The predicted octanol–water partition coefficient (Wildman–Crippen LogP) is 1.67. The minimum atomic E-state index is -3.59. The Morgan fingerprint density at radius 3 is 2.00 bits per heavy atom. The van der Waals surface area contributed by atoms with Gasteiger partial charge >= 0.3 is 13.6 Å². The number of hydrogen-bond acceptors (Lipinski definition) is 6. The molecule has 7 nitrogen and oxygen atoms in total. The maximum Gasteiger partial charge on any atom is 0.353 e. The van der Waals surface area contributed by atoms with Gasteiger partial charge in [-0.1, -0.05) is 0 Å². The van der Waals surface area contributed by atoms with E-state index in [0.717, 1.165) is 0 Å². The first-order valence-corrected chi connectivity index (χ1v) is 7.82. The van der Waals surface area contributed by atoms with Gasteiger partial charge < -0.3 is 19.1 Å². The third-order valence-corrected chi connectivity index (χ3v) is 4.35. The quantitative estimate of drug-likeness (QED) is 0.514. The minimum Gasteiger partial charge on any atom is -0.466 e. The summed E-state index contributed by atoms with van der Waals surface area (Å²) in [5, 5.41) is 2.43. The fourth-order valence-electron chi connectivity index (χ4n) is 1.43. The molecule has 0 heterocycles. The second-order valence-electron chi connectivity index (χ2n) is 3.60. The van der Waals surface area contributed by atoms with Crippen molar-refractivity contribution in [1.82, 2.24) is 5.32 Å². The largest absolute Gasteiger partial charge is 0.466 e. The lowest BCUT2D eigenvalue weighted by Crippen LogP contribution is -2.36. The lowest BCUT2D eigenvalue weighted by atomic mass is 10.4. The Balaban J connectivity index is 5.00. The van der Waals surface area contributed by atoms with Crippen LogP contribution in [-0.4, -0.2) is 37.5 Å². The van der Waals surface area contributed by atoms with Crippen molar-refractivity contribution in [1.29, 1.82) is 0 Å². The van der Waals surface area contributed by atoms with Crippen LogP contribution in [0.15, 0.2) is 0 Å². The molecule has 0 bridgehead atoms. The van der Waals surface area contributed by atoms with Crippen LogP contribution in [0.5, 0.6) is 0 Å². The first kappa shape index (κ1) is 18.1. The summed E-state index contributed by atoms with van der Waals surface area (Å²) in [6.45, 7) is 6.74. The molecule has 0 saturated carbocycles. The molecule has 0 aromatic carbocycles. The Kier molecular flexibility index (Phi) is 8.63. The average Bonchev–Trinajstić information content (AvgIpc) is 2.28. The van der Waals surface area contributed by atoms with E-state index in [1.54, 1.807) is 20.8 Å². The van der Waals surface area contributed by atoms with E-state index in [1.807, 2.05) is 0 Å². The predicted molar refractivity (Wildman–Crippen MR) is 69.7 cm³/mol. The van der Waals surface area contributed by atoms with E-state index in [-0.39, 0.29) is 26.2 Å². The monoisotopic (exact) mass is 295 g/mol. The zero-order chi connectivity index (χ0) is 14.9. The molecule has 0 aromatic rings. The second kappa shape index (κ2) is 9.07. The maximum absolute atomic E-state index is 12.5. The van der Waals surface area contributed by atoms with Gasteiger partial charge in [-0.3, -0.25) is 14.2 Å². The Morgan fingerprint density at radius 2 is 1.63 bits per heavy atom. The van der Waals surface area contributed by atoms with Gasteiger partial charge in [0.25, 0.3) is 0 Å². The van der Waals surface area contributed by atoms with Crippen LogP contribution < -0.4 is 5.32 Å². The van der Waals surface area contributed by atoms with Gasteiger partial charge in [-0.05, 0) is 20.8 Å². The molecule has 1 unspecified atom stereocenters. The van der Waals surface area contributed by atoms with E-state index in [2.05, 4.69) is 5.32 Å². The van der Waals surface area contributed by atoms with E-state index in [0.29, 0.717) is 0 Å². The summed E-state index contributed by atoms with van der Waals surface area (Å²) < 4.78 is 27.6. The molecule has 0 saturated heterocycles. The van der Waals surface area contributed by atoms with Crippen LogP contribution in [0, 0.1) is 0 Å². The molecule has 1 amide bonds. The molecular formula is C11H22NO6P.